The molecule has 0 bridgehead atoms. The Morgan fingerprint density at radius 1 is 1.32 bits per heavy atom. The van der Waals surface area contributed by atoms with Crippen LogP contribution in [0.1, 0.15) is 19.4 Å². The van der Waals surface area contributed by atoms with Crippen molar-refractivity contribution in [3.05, 3.63) is 48.2 Å². The van der Waals surface area contributed by atoms with Crippen molar-refractivity contribution in [3.63, 3.8) is 0 Å². The average molecular weight is 359 g/mol. The molecule has 1 aromatic heterocycles. The van der Waals surface area contributed by atoms with E-state index in [0.29, 0.717) is 11.5 Å². The average Bonchev–Trinajstić information content (AvgIpc) is 2.61. The van der Waals surface area contributed by atoms with Gasteiger partial charge in [-0.1, -0.05) is 17.8 Å². The molecule has 0 unspecified atom stereocenters. The second-order valence-corrected chi connectivity index (χ2v) is 6.32. The van der Waals surface area contributed by atoms with Crippen LogP contribution in [0, 0.1) is 0 Å². The van der Waals surface area contributed by atoms with Gasteiger partial charge in [0.15, 0.2) is 11.5 Å². The molecule has 1 N–H and O–H groups in total. The van der Waals surface area contributed by atoms with Crippen LogP contribution < -0.4 is 14.9 Å². The van der Waals surface area contributed by atoms with E-state index in [9.17, 15) is 4.79 Å². The smallest absolute Gasteiger partial charge is 0.250 e. The van der Waals surface area contributed by atoms with Gasteiger partial charge in [0, 0.05) is 6.20 Å². The van der Waals surface area contributed by atoms with E-state index in [4.69, 9.17) is 9.47 Å². The quantitative estimate of drug-likeness (QED) is 0.445. The minimum atomic E-state index is -0.196. The van der Waals surface area contributed by atoms with Gasteiger partial charge < -0.3 is 9.47 Å². The van der Waals surface area contributed by atoms with E-state index in [-0.39, 0.29) is 17.8 Å². The Bertz CT molecular complexity index is 721. The number of methoxy groups -OCH3 is 1. The maximum Gasteiger partial charge on any atom is 0.250 e. The number of ether oxygens (including phenoxy) is 2. The van der Waals surface area contributed by atoms with Crippen molar-refractivity contribution in [2.45, 2.75) is 25.0 Å². The third-order valence-electron chi connectivity index (χ3n) is 2.94. The van der Waals surface area contributed by atoms with Crippen LogP contribution in [-0.2, 0) is 4.79 Å². The van der Waals surface area contributed by atoms with E-state index in [2.05, 4.69) is 15.5 Å². The molecule has 1 aromatic carbocycles. The first-order valence-corrected chi connectivity index (χ1v) is 8.77. The zero-order valence-corrected chi connectivity index (χ0v) is 15.2. The number of thioether (sulfide) groups is 1. The lowest BCUT2D eigenvalue weighted by Gasteiger charge is -2.13. The topological polar surface area (TPSA) is 72.8 Å². The zero-order chi connectivity index (χ0) is 18.1. The van der Waals surface area contributed by atoms with Gasteiger partial charge in [-0.25, -0.2) is 10.4 Å². The second kappa shape index (κ2) is 9.68. The van der Waals surface area contributed by atoms with Crippen LogP contribution >= 0.6 is 11.8 Å². The highest BCUT2D eigenvalue weighted by Gasteiger charge is 2.07. The molecule has 0 aliphatic rings. The summed E-state index contributed by atoms with van der Waals surface area (Å²) in [5.74, 6) is 1.34. The van der Waals surface area contributed by atoms with Crippen LogP contribution in [0.5, 0.6) is 11.5 Å². The predicted octanol–water partition coefficient (Wildman–Crippen LogP) is 3.12. The van der Waals surface area contributed by atoms with Crippen molar-refractivity contribution in [2.75, 3.05) is 12.9 Å². The predicted molar refractivity (Wildman–Crippen MR) is 99.5 cm³/mol. The molecule has 0 spiro atoms. The summed E-state index contributed by atoms with van der Waals surface area (Å²) >= 11 is 1.35. The number of benzene rings is 1. The van der Waals surface area contributed by atoms with Gasteiger partial charge in [-0.3, -0.25) is 4.79 Å². The summed E-state index contributed by atoms with van der Waals surface area (Å²) < 4.78 is 11.0. The van der Waals surface area contributed by atoms with E-state index in [1.165, 1.54) is 11.8 Å². The third-order valence-corrected chi connectivity index (χ3v) is 3.89. The van der Waals surface area contributed by atoms with Crippen LogP contribution in [0.3, 0.4) is 0 Å². The molecule has 25 heavy (non-hydrogen) atoms. The summed E-state index contributed by atoms with van der Waals surface area (Å²) in [6.07, 6.45) is 3.31. The Morgan fingerprint density at radius 3 is 2.84 bits per heavy atom. The summed E-state index contributed by atoms with van der Waals surface area (Å²) in [7, 11) is 1.58. The van der Waals surface area contributed by atoms with Crippen LogP contribution in [0.2, 0.25) is 0 Å². The normalized spacial score (nSPS) is 10.9. The van der Waals surface area contributed by atoms with Gasteiger partial charge in [0.1, 0.15) is 0 Å². The number of hydrogen-bond acceptors (Lipinski definition) is 6. The molecule has 1 amide bonds. The Kier molecular flexibility index (Phi) is 7.28. The number of rotatable bonds is 8. The Morgan fingerprint density at radius 2 is 2.16 bits per heavy atom. The maximum absolute atomic E-state index is 11.8. The fraction of sp³-hybridized carbons (Fsp3) is 0.278. The summed E-state index contributed by atoms with van der Waals surface area (Å²) in [4.78, 5) is 15.9. The fourth-order valence-electron chi connectivity index (χ4n) is 1.90. The van der Waals surface area contributed by atoms with Crippen LogP contribution in [0.4, 0.5) is 0 Å². The Balaban J connectivity index is 1.87. The second-order valence-electron chi connectivity index (χ2n) is 5.33. The van der Waals surface area contributed by atoms with Crippen LogP contribution in [0.15, 0.2) is 52.7 Å². The molecular formula is C18H21N3O3S. The van der Waals surface area contributed by atoms with E-state index in [0.717, 1.165) is 10.6 Å². The van der Waals surface area contributed by atoms with E-state index in [1.54, 1.807) is 25.6 Å². The molecule has 1 heterocycles. The number of amides is 1. The molecule has 132 valence electrons. The summed E-state index contributed by atoms with van der Waals surface area (Å²) in [5.41, 5.74) is 3.29. The molecule has 0 saturated heterocycles. The number of pyridine rings is 1. The molecule has 2 rings (SSSR count). The summed E-state index contributed by atoms with van der Waals surface area (Å²) in [6.45, 7) is 3.90. The first-order valence-electron chi connectivity index (χ1n) is 7.79. The largest absolute Gasteiger partial charge is 0.493 e. The molecule has 0 saturated carbocycles. The minimum absolute atomic E-state index is 0.0595. The fourth-order valence-corrected chi connectivity index (χ4v) is 2.55. The minimum Gasteiger partial charge on any atom is -0.493 e. The summed E-state index contributed by atoms with van der Waals surface area (Å²) in [5, 5.41) is 4.76. The summed E-state index contributed by atoms with van der Waals surface area (Å²) in [6, 6.07) is 11.0. The number of nitrogens with one attached hydrogen (secondary N) is 1. The van der Waals surface area contributed by atoms with Gasteiger partial charge in [0.25, 0.3) is 0 Å². The van der Waals surface area contributed by atoms with Gasteiger partial charge in [0.05, 0.1) is 30.2 Å². The lowest BCUT2D eigenvalue weighted by molar-refractivity contribution is -0.118. The van der Waals surface area contributed by atoms with E-state index < -0.39 is 0 Å². The molecule has 0 aliphatic carbocycles. The van der Waals surface area contributed by atoms with Crippen LogP contribution in [-0.4, -0.2) is 36.1 Å². The number of aromatic nitrogens is 1. The molecule has 6 nitrogen and oxygen atoms in total. The van der Waals surface area contributed by atoms with E-state index >= 15 is 0 Å². The van der Waals surface area contributed by atoms with E-state index in [1.807, 2.05) is 44.2 Å². The van der Waals surface area contributed by atoms with Crippen molar-refractivity contribution < 1.29 is 14.3 Å². The van der Waals surface area contributed by atoms with Crippen molar-refractivity contribution in [2.24, 2.45) is 5.10 Å². The highest BCUT2D eigenvalue weighted by Crippen LogP contribution is 2.28. The zero-order valence-electron chi connectivity index (χ0n) is 14.4. The molecule has 2 aromatic rings. The molecule has 0 radical (unpaired) electrons. The SMILES string of the molecule is COc1cc(/C=N\NC(=O)CSc2ccccn2)ccc1OC(C)C. The standard InChI is InChI=1S/C18H21N3O3S/c1-13(2)24-15-8-7-14(10-16(15)23-3)11-20-21-17(22)12-25-18-6-4-5-9-19-18/h4-11,13H,12H2,1-3H3,(H,21,22)/b20-11-. The number of hydrazone groups is 1. The van der Waals surface area contributed by atoms with Gasteiger partial charge in [-0.05, 0) is 49.7 Å². The molecule has 7 heteroatoms. The molecule has 0 fully saturated rings. The first-order chi connectivity index (χ1) is 12.1. The number of hydrogen-bond donors (Lipinski definition) is 1. The number of carbonyl (C=O) groups excluding carboxylic acids is 1. The molecular weight excluding hydrogens is 338 g/mol. The Labute approximate surface area is 151 Å². The van der Waals surface area contributed by atoms with Crippen molar-refractivity contribution in [1.29, 1.82) is 0 Å². The van der Waals surface area contributed by atoms with Crippen LogP contribution in [0.25, 0.3) is 0 Å². The lowest BCUT2D eigenvalue weighted by atomic mass is 10.2. The first kappa shape index (κ1) is 18.8. The molecule has 0 atom stereocenters. The monoisotopic (exact) mass is 359 g/mol. The highest BCUT2D eigenvalue weighted by atomic mass is 32.2. The van der Waals surface area contributed by atoms with Gasteiger partial charge in [-0.2, -0.15) is 5.10 Å². The third kappa shape index (κ3) is 6.46. The Hall–Kier alpha value is -2.54. The van der Waals surface area contributed by atoms with Crippen molar-refractivity contribution in [1.82, 2.24) is 10.4 Å². The van der Waals surface area contributed by atoms with Gasteiger partial charge in [0.2, 0.25) is 5.91 Å². The number of carbonyl (C=O) groups is 1. The maximum atomic E-state index is 11.8. The van der Waals surface area contributed by atoms with Crippen molar-refractivity contribution >= 4 is 23.9 Å². The van der Waals surface area contributed by atoms with Gasteiger partial charge >= 0.3 is 0 Å². The number of nitrogens with zero attached hydrogens (tertiary/aromatic N) is 2. The highest BCUT2D eigenvalue weighted by molar-refractivity contribution is 7.99. The lowest BCUT2D eigenvalue weighted by Crippen LogP contribution is -2.19. The van der Waals surface area contributed by atoms with Gasteiger partial charge in [-0.15, -0.1) is 0 Å². The van der Waals surface area contributed by atoms with Crippen molar-refractivity contribution in [3.8, 4) is 11.5 Å². The molecule has 0 aliphatic heterocycles.